The third-order valence-corrected chi connectivity index (χ3v) is 4.76. The summed E-state index contributed by atoms with van der Waals surface area (Å²) in [5.74, 6) is 0.180. The summed E-state index contributed by atoms with van der Waals surface area (Å²) in [6.45, 7) is 11.6. The molecule has 134 valence electrons. The molecule has 0 aromatic rings. The highest BCUT2D eigenvalue weighted by Crippen LogP contribution is 2.25. The summed E-state index contributed by atoms with van der Waals surface area (Å²) in [5, 5.41) is 13.2. The summed E-state index contributed by atoms with van der Waals surface area (Å²) in [6.07, 6.45) is 2.65. The average molecular weight is 326 g/mol. The van der Waals surface area contributed by atoms with E-state index in [1.54, 1.807) is 0 Å². The number of aliphatic hydroxyl groups excluding tert-OH is 1. The first kappa shape index (κ1) is 19.9. The zero-order valence-electron chi connectivity index (χ0n) is 15.4. The van der Waals surface area contributed by atoms with Gasteiger partial charge in [0.2, 0.25) is 11.8 Å². The molecule has 1 aliphatic rings. The fraction of sp³-hybridized carbons (Fsp3) is 0.889. The maximum Gasteiger partial charge on any atom is 0.224 e. The smallest absolute Gasteiger partial charge is 0.224 e. The Morgan fingerprint density at radius 2 is 2.00 bits per heavy atom. The fourth-order valence-corrected chi connectivity index (χ4v) is 3.26. The molecule has 0 aliphatic carbocycles. The van der Waals surface area contributed by atoms with Crippen LogP contribution < -0.4 is 5.32 Å². The summed E-state index contributed by atoms with van der Waals surface area (Å²) >= 11 is 0. The first-order valence-corrected chi connectivity index (χ1v) is 8.92. The minimum absolute atomic E-state index is 0.00281. The van der Waals surface area contributed by atoms with E-state index in [0.717, 1.165) is 25.8 Å². The maximum atomic E-state index is 12.4. The van der Waals surface area contributed by atoms with Gasteiger partial charge in [-0.05, 0) is 25.2 Å². The number of nitrogens with one attached hydrogen (secondary N) is 1. The van der Waals surface area contributed by atoms with E-state index in [9.17, 15) is 14.7 Å². The molecular weight excluding hydrogens is 292 g/mol. The lowest BCUT2D eigenvalue weighted by molar-refractivity contribution is -0.136. The van der Waals surface area contributed by atoms with Gasteiger partial charge < -0.3 is 15.3 Å². The summed E-state index contributed by atoms with van der Waals surface area (Å²) in [4.78, 5) is 26.3. The molecule has 1 fully saturated rings. The molecule has 2 amide bonds. The molecule has 2 unspecified atom stereocenters. The molecule has 1 heterocycles. The number of amides is 2. The van der Waals surface area contributed by atoms with Gasteiger partial charge in [0.25, 0.3) is 0 Å². The number of likely N-dealkylation sites (tertiary alicyclic amines) is 1. The first-order valence-electron chi connectivity index (χ1n) is 8.92. The lowest BCUT2D eigenvalue weighted by Crippen LogP contribution is -2.49. The number of piperidine rings is 1. The Labute approximate surface area is 140 Å². The van der Waals surface area contributed by atoms with Gasteiger partial charge in [-0.25, -0.2) is 0 Å². The lowest BCUT2D eigenvalue weighted by Gasteiger charge is -2.35. The van der Waals surface area contributed by atoms with E-state index in [-0.39, 0.29) is 29.1 Å². The van der Waals surface area contributed by atoms with E-state index in [2.05, 4.69) is 5.32 Å². The number of hydrogen-bond acceptors (Lipinski definition) is 3. The summed E-state index contributed by atoms with van der Waals surface area (Å²) in [5.41, 5.74) is -0.365. The molecule has 2 atom stereocenters. The second-order valence-electron chi connectivity index (χ2n) is 7.82. The van der Waals surface area contributed by atoms with Crippen molar-refractivity contribution in [2.45, 2.75) is 66.4 Å². The Morgan fingerprint density at radius 1 is 1.35 bits per heavy atom. The van der Waals surface area contributed by atoms with E-state index in [1.807, 2.05) is 39.5 Å². The highest BCUT2D eigenvalue weighted by molar-refractivity contribution is 5.81. The van der Waals surface area contributed by atoms with Gasteiger partial charge in [0, 0.05) is 31.5 Å². The lowest BCUT2D eigenvalue weighted by atomic mass is 9.80. The molecule has 0 aromatic carbocycles. The number of nitrogens with zero attached hydrogens (tertiary/aromatic N) is 1. The van der Waals surface area contributed by atoms with Gasteiger partial charge in [0.15, 0.2) is 0 Å². The average Bonchev–Trinajstić information content (AvgIpc) is 2.52. The van der Waals surface area contributed by atoms with Crippen molar-refractivity contribution in [1.29, 1.82) is 0 Å². The molecule has 2 N–H and O–H groups in total. The largest absolute Gasteiger partial charge is 0.392 e. The van der Waals surface area contributed by atoms with Crippen LogP contribution in [0, 0.1) is 17.3 Å². The molecule has 1 rings (SSSR count). The van der Waals surface area contributed by atoms with Crippen LogP contribution in [0.1, 0.15) is 60.3 Å². The van der Waals surface area contributed by atoms with Gasteiger partial charge in [-0.15, -0.1) is 0 Å². The van der Waals surface area contributed by atoms with Crippen molar-refractivity contribution < 1.29 is 14.7 Å². The summed E-state index contributed by atoms with van der Waals surface area (Å²) in [6, 6.07) is 0. The molecule has 1 saturated heterocycles. The normalized spacial score (nSPS) is 20.5. The van der Waals surface area contributed by atoms with E-state index >= 15 is 0 Å². The minimum Gasteiger partial charge on any atom is -0.392 e. The molecule has 0 bridgehead atoms. The van der Waals surface area contributed by atoms with E-state index in [0.29, 0.717) is 19.5 Å². The molecular formula is C18H34N2O3. The summed E-state index contributed by atoms with van der Waals surface area (Å²) < 4.78 is 0. The monoisotopic (exact) mass is 326 g/mol. The van der Waals surface area contributed by atoms with Crippen LogP contribution in [0.25, 0.3) is 0 Å². The SMILES string of the molecule is CCCC(=O)N1CCCC(C(=O)NCC(C)(C)C(O)C(C)C)C1. The molecule has 0 spiro atoms. The van der Waals surface area contributed by atoms with Crippen LogP contribution in [0.3, 0.4) is 0 Å². The van der Waals surface area contributed by atoms with Gasteiger partial charge in [-0.1, -0.05) is 34.6 Å². The van der Waals surface area contributed by atoms with Crippen molar-refractivity contribution in [2.75, 3.05) is 19.6 Å². The van der Waals surface area contributed by atoms with Crippen LogP contribution in [0.15, 0.2) is 0 Å². The summed E-state index contributed by atoms with van der Waals surface area (Å²) in [7, 11) is 0. The zero-order chi connectivity index (χ0) is 17.6. The molecule has 0 aromatic heterocycles. The number of carbonyl (C=O) groups is 2. The van der Waals surface area contributed by atoms with Crippen molar-refractivity contribution >= 4 is 11.8 Å². The van der Waals surface area contributed by atoms with E-state index in [4.69, 9.17) is 0 Å². The third kappa shape index (κ3) is 5.79. The topological polar surface area (TPSA) is 69.6 Å². The molecule has 23 heavy (non-hydrogen) atoms. The van der Waals surface area contributed by atoms with Crippen molar-refractivity contribution in [1.82, 2.24) is 10.2 Å². The van der Waals surface area contributed by atoms with Gasteiger partial charge in [-0.3, -0.25) is 9.59 Å². The molecule has 5 heteroatoms. The van der Waals surface area contributed by atoms with Gasteiger partial charge in [0.1, 0.15) is 0 Å². The Bertz CT molecular complexity index is 407. The van der Waals surface area contributed by atoms with E-state index in [1.165, 1.54) is 0 Å². The highest BCUT2D eigenvalue weighted by Gasteiger charge is 2.33. The van der Waals surface area contributed by atoms with Crippen LogP contribution in [0.4, 0.5) is 0 Å². The van der Waals surface area contributed by atoms with Crippen molar-refractivity contribution in [2.24, 2.45) is 17.3 Å². The Kier molecular flexibility index (Phi) is 7.52. The first-order chi connectivity index (χ1) is 10.7. The number of rotatable bonds is 7. The highest BCUT2D eigenvalue weighted by atomic mass is 16.3. The standard InChI is InChI=1S/C18H34N2O3/c1-6-8-15(21)20-10-7-9-14(11-20)17(23)19-12-18(4,5)16(22)13(2)3/h13-14,16,22H,6-12H2,1-5H3,(H,19,23). The van der Waals surface area contributed by atoms with Crippen molar-refractivity contribution in [3.05, 3.63) is 0 Å². The second kappa shape index (κ2) is 8.67. The Hall–Kier alpha value is -1.10. The quantitative estimate of drug-likeness (QED) is 0.753. The third-order valence-electron chi connectivity index (χ3n) is 4.76. The van der Waals surface area contributed by atoms with Crippen molar-refractivity contribution in [3.8, 4) is 0 Å². The molecule has 5 nitrogen and oxygen atoms in total. The van der Waals surface area contributed by atoms with Crippen LogP contribution >= 0.6 is 0 Å². The van der Waals surface area contributed by atoms with Crippen LogP contribution in [0.5, 0.6) is 0 Å². The van der Waals surface area contributed by atoms with Crippen LogP contribution in [-0.2, 0) is 9.59 Å². The molecule has 0 radical (unpaired) electrons. The predicted octanol–water partition coefficient (Wildman–Crippen LogP) is 2.18. The number of carbonyl (C=O) groups excluding carboxylic acids is 2. The minimum atomic E-state index is -0.461. The van der Waals surface area contributed by atoms with Crippen LogP contribution in [0.2, 0.25) is 0 Å². The molecule has 1 aliphatic heterocycles. The predicted molar refractivity (Wildman–Crippen MR) is 91.8 cm³/mol. The van der Waals surface area contributed by atoms with Crippen LogP contribution in [-0.4, -0.2) is 47.6 Å². The maximum absolute atomic E-state index is 12.4. The van der Waals surface area contributed by atoms with Gasteiger partial charge in [-0.2, -0.15) is 0 Å². The Balaban J connectivity index is 2.52. The molecule has 0 saturated carbocycles. The Morgan fingerprint density at radius 3 is 2.57 bits per heavy atom. The number of hydrogen-bond donors (Lipinski definition) is 2. The zero-order valence-corrected chi connectivity index (χ0v) is 15.4. The van der Waals surface area contributed by atoms with Crippen molar-refractivity contribution in [3.63, 3.8) is 0 Å². The van der Waals surface area contributed by atoms with Gasteiger partial charge in [0.05, 0.1) is 12.0 Å². The fourth-order valence-electron chi connectivity index (χ4n) is 3.26. The number of aliphatic hydroxyl groups is 1. The van der Waals surface area contributed by atoms with E-state index < -0.39 is 6.10 Å². The second-order valence-corrected chi connectivity index (χ2v) is 7.82. The van der Waals surface area contributed by atoms with Gasteiger partial charge >= 0.3 is 0 Å².